The van der Waals surface area contributed by atoms with E-state index >= 15 is 0 Å². The maximum atomic E-state index is 12.9. The third-order valence-electron chi connectivity index (χ3n) is 4.93. The smallest absolute Gasteiger partial charge is 0.235 e. The van der Waals surface area contributed by atoms with Gasteiger partial charge in [0.15, 0.2) is 11.0 Å². The lowest BCUT2D eigenvalue weighted by Crippen LogP contribution is -2.37. The van der Waals surface area contributed by atoms with Crippen LogP contribution in [0.25, 0.3) is 11.4 Å². The van der Waals surface area contributed by atoms with E-state index < -0.39 is 0 Å². The monoisotopic (exact) mass is 388 g/mol. The van der Waals surface area contributed by atoms with Crippen molar-refractivity contribution in [2.75, 3.05) is 20.2 Å². The SMILES string of the molecule is CCn1c(SC(C)C(=O)N2CCCCCC2)nnc1-c1ccccc1OC. The fourth-order valence-electron chi connectivity index (χ4n) is 3.45. The van der Waals surface area contributed by atoms with Crippen molar-refractivity contribution in [1.29, 1.82) is 0 Å². The number of amides is 1. The summed E-state index contributed by atoms with van der Waals surface area (Å²) in [6, 6.07) is 7.80. The van der Waals surface area contributed by atoms with Crippen molar-refractivity contribution in [1.82, 2.24) is 19.7 Å². The van der Waals surface area contributed by atoms with Crippen molar-refractivity contribution in [3.05, 3.63) is 24.3 Å². The number of thioether (sulfide) groups is 1. The van der Waals surface area contributed by atoms with Crippen LogP contribution in [-0.4, -0.2) is 51.0 Å². The number of ether oxygens (including phenoxy) is 1. The first kappa shape index (κ1) is 19.7. The first-order valence-electron chi connectivity index (χ1n) is 9.67. The zero-order valence-corrected chi connectivity index (χ0v) is 17.2. The zero-order chi connectivity index (χ0) is 19.2. The van der Waals surface area contributed by atoms with Crippen molar-refractivity contribution < 1.29 is 9.53 Å². The van der Waals surface area contributed by atoms with Gasteiger partial charge < -0.3 is 14.2 Å². The molecule has 3 rings (SSSR count). The highest BCUT2D eigenvalue weighted by Crippen LogP contribution is 2.32. The second kappa shape index (κ2) is 9.26. The Morgan fingerprint density at radius 1 is 1.19 bits per heavy atom. The van der Waals surface area contributed by atoms with Gasteiger partial charge in [0, 0.05) is 19.6 Å². The molecule has 6 nitrogen and oxygen atoms in total. The average Bonchev–Trinajstić information content (AvgIpc) is 2.90. The Morgan fingerprint density at radius 2 is 1.89 bits per heavy atom. The summed E-state index contributed by atoms with van der Waals surface area (Å²) < 4.78 is 7.52. The molecule has 1 aliphatic heterocycles. The topological polar surface area (TPSA) is 60.2 Å². The molecule has 1 unspecified atom stereocenters. The van der Waals surface area contributed by atoms with E-state index in [0.717, 1.165) is 54.8 Å². The summed E-state index contributed by atoms with van der Waals surface area (Å²) in [6.45, 7) is 6.50. The Bertz CT molecular complexity index is 769. The maximum Gasteiger partial charge on any atom is 0.235 e. The molecule has 0 spiro atoms. The summed E-state index contributed by atoms with van der Waals surface area (Å²) in [5.74, 6) is 1.74. The quantitative estimate of drug-likeness (QED) is 0.703. The van der Waals surface area contributed by atoms with Gasteiger partial charge in [-0.2, -0.15) is 0 Å². The summed E-state index contributed by atoms with van der Waals surface area (Å²) in [6.07, 6.45) is 4.65. The first-order valence-corrected chi connectivity index (χ1v) is 10.6. The van der Waals surface area contributed by atoms with Gasteiger partial charge >= 0.3 is 0 Å². The molecule has 2 heterocycles. The molecule has 0 N–H and O–H groups in total. The number of carbonyl (C=O) groups is 1. The molecule has 7 heteroatoms. The summed E-state index contributed by atoms with van der Waals surface area (Å²) >= 11 is 1.49. The van der Waals surface area contributed by atoms with Gasteiger partial charge in [-0.25, -0.2) is 0 Å². The largest absolute Gasteiger partial charge is 0.496 e. The first-order chi connectivity index (χ1) is 13.2. The molecule has 1 fully saturated rings. The number of likely N-dealkylation sites (tertiary alicyclic amines) is 1. The van der Waals surface area contributed by atoms with Gasteiger partial charge in [0.05, 0.1) is 17.9 Å². The van der Waals surface area contributed by atoms with Crippen LogP contribution in [0.1, 0.15) is 39.5 Å². The Hall–Kier alpha value is -2.02. The second-order valence-corrected chi connectivity index (χ2v) is 8.06. The van der Waals surface area contributed by atoms with Gasteiger partial charge in [0.1, 0.15) is 5.75 Å². The van der Waals surface area contributed by atoms with E-state index in [4.69, 9.17) is 4.74 Å². The van der Waals surface area contributed by atoms with Crippen LogP contribution in [0.5, 0.6) is 5.75 Å². The fourth-order valence-corrected chi connectivity index (χ4v) is 4.44. The molecule has 146 valence electrons. The van der Waals surface area contributed by atoms with E-state index in [2.05, 4.69) is 21.7 Å². The number of para-hydroxylation sites is 1. The molecule has 1 aliphatic rings. The van der Waals surface area contributed by atoms with Crippen molar-refractivity contribution >= 4 is 17.7 Å². The normalized spacial score (nSPS) is 16.0. The summed E-state index contributed by atoms with van der Waals surface area (Å²) in [4.78, 5) is 14.9. The molecule has 2 aromatic rings. The van der Waals surface area contributed by atoms with Gasteiger partial charge in [-0.1, -0.05) is 36.7 Å². The maximum absolute atomic E-state index is 12.9. The van der Waals surface area contributed by atoms with E-state index in [9.17, 15) is 4.79 Å². The van der Waals surface area contributed by atoms with Gasteiger partial charge in [-0.05, 0) is 38.8 Å². The molecule has 0 bridgehead atoms. The van der Waals surface area contributed by atoms with E-state index in [1.165, 1.54) is 24.6 Å². The van der Waals surface area contributed by atoms with E-state index in [-0.39, 0.29) is 11.2 Å². The van der Waals surface area contributed by atoms with Crippen molar-refractivity contribution in [3.63, 3.8) is 0 Å². The van der Waals surface area contributed by atoms with Crippen LogP contribution >= 0.6 is 11.8 Å². The number of aromatic nitrogens is 3. The number of nitrogens with zero attached hydrogens (tertiary/aromatic N) is 4. The molecular weight excluding hydrogens is 360 g/mol. The van der Waals surface area contributed by atoms with Crippen LogP contribution in [0, 0.1) is 0 Å². The van der Waals surface area contributed by atoms with Crippen LogP contribution in [-0.2, 0) is 11.3 Å². The van der Waals surface area contributed by atoms with E-state index in [1.807, 2.05) is 36.1 Å². The van der Waals surface area contributed by atoms with Crippen LogP contribution in [0.3, 0.4) is 0 Å². The Labute approximate surface area is 165 Å². The Balaban J connectivity index is 1.79. The molecule has 1 saturated heterocycles. The second-order valence-electron chi connectivity index (χ2n) is 6.75. The molecule has 1 aromatic carbocycles. The zero-order valence-electron chi connectivity index (χ0n) is 16.4. The minimum Gasteiger partial charge on any atom is -0.496 e. The minimum atomic E-state index is -0.178. The van der Waals surface area contributed by atoms with Crippen LogP contribution in [0.15, 0.2) is 29.4 Å². The lowest BCUT2D eigenvalue weighted by molar-refractivity contribution is -0.130. The number of methoxy groups -OCH3 is 1. The summed E-state index contributed by atoms with van der Waals surface area (Å²) in [7, 11) is 1.66. The molecule has 27 heavy (non-hydrogen) atoms. The highest BCUT2D eigenvalue weighted by Gasteiger charge is 2.25. The molecule has 0 saturated carbocycles. The van der Waals surface area contributed by atoms with Crippen molar-refractivity contribution in [3.8, 4) is 17.1 Å². The fraction of sp³-hybridized carbons (Fsp3) is 0.550. The van der Waals surface area contributed by atoms with E-state index in [0.29, 0.717) is 0 Å². The van der Waals surface area contributed by atoms with Gasteiger partial charge in [-0.3, -0.25) is 4.79 Å². The van der Waals surface area contributed by atoms with Crippen molar-refractivity contribution in [2.24, 2.45) is 0 Å². The lowest BCUT2D eigenvalue weighted by Gasteiger charge is -2.23. The highest BCUT2D eigenvalue weighted by atomic mass is 32.2. The van der Waals surface area contributed by atoms with Crippen molar-refractivity contribution in [2.45, 2.75) is 56.5 Å². The number of hydrogen-bond donors (Lipinski definition) is 0. The van der Waals surface area contributed by atoms with Gasteiger partial charge in [-0.15, -0.1) is 10.2 Å². The molecular formula is C20H28N4O2S. The predicted octanol–water partition coefficient (Wildman–Crippen LogP) is 3.86. The average molecular weight is 389 g/mol. The highest BCUT2D eigenvalue weighted by molar-refractivity contribution is 8.00. The number of rotatable bonds is 6. The van der Waals surface area contributed by atoms with Crippen LogP contribution in [0.4, 0.5) is 0 Å². The lowest BCUT2D eigenvalue weighted by atomic mass is 10.2. The predicted molar refractivity (Wildman–Crippen MR) is 108 cm³/mol. The molecule has 1 amide bonds. The van der Waals surface area contributed by atoms with E-state index in [1.54, 1.807) is 7.11 Å². The molecule has 0 radical (unpaired) electrons. The number of benzene rings is 1. The Kier molecular flexibility index (Phi) is 6.77. The third kappa shape index (κ3) is 4.46. The minimum absolute atomic E-state index is 0.178. The summed E-state index contributed by atoms with van der Waals surface area (Å²) in [5.41, 5.74) is 0.910. The summed E-state index contributed by atoms with van der Waals surface area (Å²) in [5, 5.41) is 9.36. The molecule has 0 aliphatic carbocycles. The number of carbonyl (C=O) groups excluding carboxylic acids is 1. The standard InChI is InChI=1S/C20H28N4O2S/c1-4-24-18(16-11-7-8-12-17(16)26-3)21-22-20(24)27-15(2)19(25)23-13-9-5-6-10-14-23/h7-8,11-12,15H,4-6,9-10,13-14H2,1-3H3. The third-order valence-corrected chi connectivity index (χ3v) is 6.00. The molecule has 1 aromatic heterocycles. The Morgan fingerprint density at radius 3 is 2.56 bits per heavy atom. The van der Waals surface area contributed by atoms with Crippen LogP contribution in [0.2, 0.25) is 0 Å². The number of hydrogen-bond acceptors (Lipinski definition) is 5. The molecule has 1 atom stereocenters. The van der Waals surface area contributed by atoms with Crippen LogP contribution < -0.4 is 4.74 Å². The van der Waals surface area contributed by atoms with Gasteiger partial charge in [0.2, 0.25) is 5.91 Å². The van der Waals surface area contributed by atoms with Gasteiger partial charge in [0.25, 0.3) is 0 Å².